The second kappa shape index (κ2) is 8.49. The first-order valence-corrected chi connectivity index (χ1v) is 8.48. The third-order valence-corrected chi connectivity index (χ3v) is 4.21. The van der Waals surface area contributed by atoms with E-state index in [1.54, 1.807) is 13.0 Å². The molecule has 0 atom stereocenters. The average Bonchev–Trinajstić information content (AvgIpc) is 2.57. The number of hydrogen-bond donors (Lipinski definition) is 3. The van der Waals surface area contributed by atoms with E-state index in [1.165, 1.54) is 0 Å². The quantitative estimate of drug-likeness (QED) is 0.694. The van der Waals surface area contributed by atoms with E-state index in [1.807, 2.05) is 43.3 Å². The smallest absolute Gasteiger partial charge is 0.243 e. The molecule has 0 heterocycles. The first kappa shape index (κ1) is 18.0. The van der Waals surface area contributed by atoms with Gasteiger partial charge in [0.25, 0.3) is 0 Å². The second-order valence-corrected chi connectivity index (χ2v) is 6.12. The van der Waals surface area contributed by atoms with Crippen LogP contribution in [0.3, 0.4) is 0 Å². The molecule has 3 N–H and O–H groups in total. The van der Waals surface area contributed by atoms with Gasteiger partial charge in [0, 0.05) is 28.0 Å². The normalized spacial score (nSPS) is 10.1. The number of hydrogen-bond acceptors (Lipinski definition) is 3. The zero-order chi connectivity index (χ0) is 17.5. The summed E-state index contributed by atoms with van der Waals surface area (Å²) in [5.41, 5.74) is 3.07. The van der Waals surface area contributed by atoms with Crippen LogP contribution in [0, 0.1) is 6.92 Å². The van der Waals surface area contributed by atoms with Crippen molar-refractivity contribution in [3.8, 4) is 0 Å². The summed E-state index contributed by atoms with van der Waals surface area (Å²) >= 11 is 3.43. The number of halogens is 1. The molecule has 0 spiro atoms. The molecule has 0 aliphatic rings. The molecule has 0 aliphatic carbocycles. The van der Waals surface area contributed by atoms with Crippen molar-refractivity contribution < 1.29 is 9.59 Å². The number of rotatable bonds is 6. The molecule has 2 rings (SSSR count). The summed E-state index contributed by atoms with van der Waals surface area (Å²) in [4.78, 5) is 23.7. The van der Waals surface area contributed by atoms with Gasteiger partial charge in [0.05, 0.1) is 6.54 Å². The molecule has 126 valence electrons. The van der Waals surface area contributed by atoms with E-state index in [0.29, 0.717) is 17.8 Å². The molecule has 5 nitrogen and oxygen atoms in total. The topological polar surface area (TPSA) is 70.2 Å². The highest BCUT2D eigenvalue weighted by molar-refractivity contribution is 9.10. The van der Waals surface area contributed by atoms with Crippen LogP contribution < -0.4 is 16.0 Å². The van der Waals surface area contributed by atoms with Crippen LogP contribution in [0.2, 0.25) is 0 Å². The Bertz CT molecular complexity index is 747. The minimum atomic E-state index is -0.159. The summed E-state index contributed by atoms with van der Waals surface area (Å²) < 4.78 is 0.901. The molecule has 6 heteroatoms. The number of para-hydroxylation sites is 1. The van der Waals surface area contributed by atoms with Crippen LogP contribution in [-0.2, 0) is 9.59 Å². The van der Waals surface area contributed by atoms with E-state index < -0.39 is 0 Å². The highest BCUT2D eigenvalue weighted by Gasteiger charge is 2.09. The number of amides is 2. The van der Waals surface area contributed by atoms with E-state index in [0.717, 1.165) is 15.7 Å². The van der Waals surface area contributed by atoms with Crippen molar-refractivity contribution in [2.75, 3.05) is 22.5 Å². The maximum atomic E-state index is 12.2. The number of nitrogens with one attached hydrogen (secondary N) is 3. The maximum absolute atomic E-state index is 12.2. The first-order valence-electron chi connectivity index (χ1n) is 7.69. The number of carbonyl (C=O) groups excluding carboxylic acids is 2. The lowest BCUT2D eigenvalue weighted by Gasteiger charge is -2.14. The fourth-order valence-corrected chi connectivity index (χ4v) is 2.54. The molecule has 0 bridgehead atoms. The Kier molecular flexibility index (Phi) is 6.37. The number of anilines is 3. The molecule has 24 heavy (non-hydrogen) atoms. The van der Waals surface area contributed by atoms with Crippen LogP contribution in [0.4, 0.5) is 17.1 Å². The summed E-state index contributed by atoms with van der Waals surface area (Å²) in [6.45, 7) is 3.80. The van der Waals surface area contributed by atoms with Crippen molar-refractivity contribution in [1.82, 2.24) is 0 Å². The molecular formula is C18H20BrN3O2. The van der Waals surface area contributed by atoms with Crippen LogP contribution in [-0.4, -0.2) is 18.4 Å². The molecule has 2 aromatic carbocycles. The summed E-state index contributed by atoms with van der Waals surface area (Å²) in [6.07, 6.45) is 0.409. The maximum Gasteiger partial charge on any atom is 0.243 e. The molecular weight excluding hydrogens is 370 g/mol. The molecule has 0 unspecified atom stereocenters. The zero-order valence-corrected chi connectivity index (χ0v) is 15.2. The van der Waals surface area contributed by atoms with Crippen LogP contribution in [0.1, 0.15) is 18.9 Å². The Morgan fingerprint density at radius 3 is 2.12 bits per heavy atom. The Hall–Kier alpha value is -2.34. The average molecular weight is 390 g/mol. The summed E-state index contributed by atoms with van der Waals surface area (Å²) in [7, 11) is 0. The number of carbonyl (C=O) groups is 2. The Labute approximate surface area is 150 Å². The van der Waals surface area contributed by atoms with Gasteiger partial charge in [-0.25, -0.2) is 0 Å². The zero-order valence-electron chi connectivity index (χ0n) is 13.7. The highest BCUT2D eigenvalue weighted by Crippen LogP contribution is 2.24. The standard InChI is InChI=1S/C18H20BrN3O2/c1-3-17(23)21-14-9-6-10-15(12(14)2)22-18(24)11-20-16-8-5-4-7-13(16)19/h4-10,20H,3,11H2,1-2H3,(H,21,23)(H,22,24). The third kappa shape index (κ3) is 4.83. The predicted octanol–water partition coefficient (Wildman–Crippen LogP) is 4.16. The van der Waals surface area contributed by atoms with Crippen molar-refractivity contribution in [2.45, 2.75) is 20.3 Å². The van der Waals surface area contributed by atoms with Crippen molar-refractivity contribution in [1.29, 1.82) is 0 Å². The Morgan fingerprint density at radius 1 is 0.917 bits per heavy atom. The van der Waals surface area contributed by atoms with Crippen LogP contribution in [0.5, 0.6) is 0 Å². The number of benzene rings is 2. The fraction of sp³-hybridized carbons (Fsp3) is 0.222. The van der Waals surface area contributed by atoms with E-state index in [9.17, 15) is 9.59 Å². The van der Waals surface area contributed by atoms with E-state index >= 15 is 0 Å². The molecule has 0 saturated carbocycles. The minimum absolute atomic E-state index is 0.0582. The minimum Gasteiger partial charge on any atom is -0.375 e. The van der Waals surface area contributed by atoms with Crippen molar-refractivity contribution in [2.24, 2.45) is 0 Å². The van der Waals surface area contributed by atoms with E-state index in [-0.39, 0.29) is 18.4 Å². The highest BCUT2D eigenvalue weighted by atomic mass is 79.9. The van der Waals surface area contributed by atoms with Gasteiger partial charge in [0.1, 0.15) is 0 Å². The van der Waals surface area contributed by atoms with Crippen molar-refractivity contribution >= 4 is 44.8 Å². The van der Waals surface area contributed by atoms with Gasteiger partial charge in [-0.1, -0.05) is 25.1 Å². The summed E-state index contributed by atoms with van der Waals surface area (Å²) in [6, 6.07) is 13.0. The monoisotopic (exact) mass is 389 g/mol. The van der Waals surface area contributed by atoms with Gasteiger partial charge in [-0.05, 0) is 52.7 Å². The van der Waals surface area contributed by atoms with Gasteiger partial charge in [-0.2, -0.15) is 0 Å². The molecule has 2 aromatic rings. The molecule has 0 saturated heterocycles. The van der Waals surface area contributed by atoms with Gasteiger partial charge < -0.3 is 16.0 Å². The molecule has 2 amide bonds. The van der Waals surface area contributed by atoms with Crippen LogP contribution in [0.15, 0.2) is 46.9 Å². The van der Waals surface area contributed by atoms with Gasteiger partial charge in [0.2, 0.25) is 11.8 Å². The van der Waals surface area contributed by atoms with E-state index in [2.05, 4.69) is 31.9 Å². The SMILES string of the molecule is CCC(=O)Nc1cccc(NC(=O)CNc2ccccc2Br)c1C. The second-order valence-electron chi connectivity index (χ2n) is 5.26. The van der Waals surface area contributed by atoms with Crippen LogP contribution in [0.25, 0.3) is 0 Å². The van der Waals surface area contributed by atoms with Gasteiger partial charge in [-0.3, -0.25) is 9.59 Å². The lowest BCUT2D eigenvalue weighted by atomic mass is 10.1. The largest absolute Gasteiger partial charge is 0.375 e. The van der Waals surface area contributed by atoms with Crippen molar-refractivity contribution in [3.63, 3.8) is 0 Å². The van der Waals surface area contributed by atoms with E-state index in [4.69, 9.17) is 0 Å². The lowest BCUT2D eigenvalue weighted by Crippen LogP contribution is -2.22. The molecule has 0 radical (unpaired) electrons. The molecule has 0 aliphatic heterocycles. The van der Waals surface area contributed by atoms with Crippen LogP contribution >= 0.6 is 15.9 Å². The first-order chi connectivity index (χ1) is 11.5. The molecule has 0 aromatic heterocycles. The third-order valence-electron chi connectivity index (χ3n) is 3.52. The van der Waals surface area contributed by atoms with Gasteiger partial charge in [-0.15, -0.1) is 0 Å². The summed E-state index contributed by atoms with van der Waals surface area (Å²) in [5, 5.41) is 8.77. The van der Waals surface area contributed by atoms with Gasteiger partial charge in [0.15, 0.2) is 0 Å². The van der Waals surface area contributed by atoms with Gasteiger partial charge >= 0.3 is 0 Å². The summed E-state index contributed by atoms with van der Waals surface area (Å²) in [5.74, 6) is -0.218. The molecule has 0 fully saturated rings. The van der Waals surface area contributed by atoms with Crippen molar-refractivity contribution in [3.05, 3.63) is 52.5 Å². The fourth-order valence-electron chi connectivity index (χ4n) is 2.12. The predicted molar refractivity (Wildman–Crippen MR) is 101 cm³/mol. The Balaban J connectivity index is 2.00. The Morgan fingerprint density at radius 2 is 1.50 bits per heavy atom. The lowest BCUT2D eigenvalue weighted by molar-refractivity contribution is -0.116.